The molecule has 0 radical (unpaired) electrons. The maximum atomic E-state index is 13.4. The van der Waals surface area contributed by atoms with E-state index in [9.17, 15) is 22.2 Å². The number of aliphatic hydroxyl groups excluding tert-OH is 1. The van der Waals surface area contributed by atoms with Crippen molar-refractivity contribution in [3.05, 3.63) is 130 Å². The molecule has 31 heteroatoms. The second kappa shape index (κ2) is 33.5. The smallest absolute Gasteiger partial charge is 0.288 e. The van der Waals surface area contributed by atoms with Gasteiger partial charge in [-0.1, -0.05) is 92.9 Å². The van der Waals surface area contributed by atoms with E-state index in [1.165, 1.54) is 6.42 Å². The Morgan fingerprint density at radius 1 is 0.629 bits per heavy atom. The van der Waals surface area contributed by atoms with E-state index in [4.69, 9.17) is 32.9 Å². The molecule has 528 valence electrons. The van der Waals surface area contributed by atoms with Crippen LogP contribution >= 0.6 is 0 Å². The standard InChI is InChI=1S/C27H40N6O5S.C23H34N6O4S.C16H21N5O2S/c1-17-11-12-20(37-18(2)26(35)28-13-14-34)21(15-17)38-39(36)32-24(19-9-7-6-8-10-19)25-30-29-23-16-22(27(3,4)5)31-33(23)25;1-7-16(22-26-25-21-13-19(23(4,5)6)27-29(21)22)28-34(31)33-18-12-14(2)8-10-17(18)32-15(3)9-11-20(24)30;1-10-5-11(2)7-14(6-10)23-24(22)17-9-12(3)16-19-18-15-8-13(4)20-21(15)16/h11-12,15-16,18-19,24,31-32,34H,6-10,13-14H2,1-5H3,(H,28,35);8,10,12-13,15-16,27-28H,7,9,11H2,1-6H3,(H2,24,30);5-8,12,17,20H,9H2,1-4H3. The number of carbonyl (C=O) groups excluding carboxylic acids is 2. The Morgan fingerprint density at radius 2 is 1.15 bits per heavy atom. The highest BCUT2D eigenvalue weighted by Crippen LogP contribution is 2.37. The number of hydrogen-bond donors (Lipinski definition) is 9. The van der Waals surface area contributed by atoms with E-state index < -0.39 is 39.9 Å². The number of nitrogens with zero attached hydrogens (tertiary/aromatic N) is 9. The first-order valence-corrected chi connectivity index (χ1v) is 35.8. The molecule has 10 rings (SSSR count). The van der Waals surface area contributed by atoms with E-state index in [0.717, 1.165) is 76.5 Å². The van der Waals surface area contributed by atoms with Crippen molar-refractivity contribution in [2.24, 2.45) is 11.7 Å². The third-order valence-corrected chi connectivity index (χ3v) is 18.4. The molecule has 28 nitrogen and oxygen atoms in total. The highest BCUT2D eigenvalue weighted by atomic mass is 32.2. The van der Waals surface area contributed by atoms with Crippen LogP contribution in [0.4, 0.5) is 0 Å². The number of carbonyl (C=O) groups is 2. The van der Waals surface area contributed by atoms with Crippen LogP contribution in [0, 0.1) is 40.5 Å². The summed E-state index contributed by atoms with van der Waals surface area (Å²) in [5, 5.41) is 47.2. The molecule has 9 aromatic rings. The summed E-state index contributed by atoms with van der Waals surface area (Å²) in [4.78, 5) is 23.3. The van der Waals surface area contributed by atoms with Crippen LogP contribution in [0.2, 0.25) is 0 Å². The molecule has 1 aliphatic rings. The van der Waals surface area contributed by atoms with Crippen molar-refractivity contribution in [2.75, 3.05) is 19.7 Å². The lowest BCUT2D eigenvalue weighted by Crippen LogP contribution is -2.38. The van der Waals surface area contributed by atoms with Gasteiger partial charge >= 0.3 is 0 Å². The van der Waals surface area contributed by atoms with E-state index in [-0.39, 0.29) is 78.0 Å². The van der Waals surface area contributed by atoms with Gasteiger partial charge in [0.1, 0.15) is 5.75 Å². The van der Waals surface area contributed by atoms with E-state index >= 15 is 0 Å². The zero-order valence-corrected chi connectivity index (χ0v) is 60.5. The van der Waals surface area contributed by atoms with Gasteiger partial charge in [-0.2, -0.15) is 22.1 Å². The Balaban J connectivity index is 0.000000191. The van der Waals surface area contributed by atoms with Crippen LogP contribution in [-0.4, -0.2) is 121 Å². The molecule has 8 unspecified atom stereocenters. The monoisotopic (exact) mass is 1400 g/mol. The van der Waals surface area contributed by atoms with Gasteiger partial charge in [0, 0.05) is 71.5 Å². The van der Waals surface area contributed by atoms with Gasteiger partial charge in [0.05, 0.1) is 24.8 Å². The van der Waals surface area contributed by atoms with Crippen molar-refractivity contribution in [2.45, 2.75) is 196 Å². The zero-order chi connectivity index (χ0) is 70.5. The lowest BCUT2D eigenvalue weighted by atomic mass is 9.84. The number of amides is 2. The summed E-state index contributed by atoms with van der Waals surface area (Å²) in [6, 6.07) is 21.5. The summed E-state index contributed by atoms with van der Waals surface area (Å²) < 4.78 is 81.8. The zero-order valence-electron chi connectivity index (χ0n) is 58.0. The Kier molecular flexibility index (Phi) is 25.8. The van der Waals surface area contributed by atoms with Crippen LogP contribution in [0.5, 0.6) is 28.7 Å². The van der Waals surface area contributed by atoms with Crippen molar-refractivity contribution in [1.29, 1.82) is 0 Å². The number of aryl methyl sites for hydroxylation is 5. The van der Waals surface area contributed by atoms with Crippen LogP contribution in [0.15, 0.2) is 72.8 Å². The van der Waals surface area contributed by atoms with Gasteiger partial charge in [-0.25, -0.2) is 18.3 Å². The first-order chi connectivity index (χ1) is 46.0. The van der Waals surface area contributed by atoms with Gasteiger partial charge in [0.15, 0.2) is 63.5 Å². The second-order valence-corrected chi connectivity index (χ2v) is 29.4. The van der Waals surface area contributed by atoms with Crippen LogP contribution < -0.4 is 47.2 Å². The summed E-state index contributed by atoms with van der Waals surface area (Å²) in [5.74, 6) is 3.47. The number of H-pyrrole nitrogens is 3. The van der Waals surface area contributed by atoms with E-state index in [0.29, 0.717) is 65.3 Å². The number of primary amides is 1. The molecule has 10 N–H and O–H groups in total. The minimum atomic E-state index is -1.95. The topological polar surface area (TPSA) is 364 Å². The average molecular weight is 1400 g/mol. The fraction of sp³-hybridized carbons (Fsp3) is 0.515. The van der Waals surface area contributed by atoms with Crippen LogP contribution in [0.25, 0.3) is 16.9 Å². The first kappa shape index (κ1) is 74.7. The third kappa shape index (κ3) is 20.7. The number of rotatable bonds is 28. The van der Waals surface area contributed by atoms with E-state index in [1.54, 1.807) is 35.7 Å². The Labute approximate surface area is 573 Å². The van der Waals surface area contributed by atoms with Crippen molar-refractivity contribution in [1.82, 2.24) is 78.9 Å². The van der Waals surface area contributed by atoms with E-state index in [2.05, 4.69) is 107 Å². The highest BCUT2D eigenvalue weighted by molar-refractivity contribution is 7.79. The number of hydrogen-bond acceptors (Lipinski definition) is 17. The van der Waals surface area contributed by atoms with Crippen molar-refractivity contribution in [3.63, 3.8) is 0 Å². The van der Waals surface area contributed by atoms with Crippen molar-refractivity contribution < 1.29 is 49.3 Å². The number of aromatic nitrogens is 12. The number of benzene rings is 3. The predicted molar refractivity (Wildman–Crippen MR) is 372 cm³/mol. The fourth-order valence-corrected chi connectivity index (χ4v) is 13.1. The molecule has 1 aliphatic carbocycles. The number of nitrogens with two attached hydrogens (primary N) is 1. The van der Waals surface area contributed by atoms with E-state index in [1.807, 2.05) is 113 Å². The van der Waals surface area contributed by atoms with Crippen LogP contribution in [0.3, 0.4) is 0 Å². The summed E-state index contributed by atoms with van der Waals surface area (Å²) >= 11 is -5.45. The normalized spacial score (nSPS) is 15.5. The predicted octanol–water partition coefficient (Wildman–Crippen LogP) is 9.14. The second-order valence-electron chi connectivity index (χ2n) is 26.7. The summed E-state index contributed by atoms with van der Waals surface area (Å²) in [6.45, 7) is 30.3. The van der Waals surface area contributed by atoms with Gasteiger partial charge in [0.2, 0.25) is 5.91 Å². The minimum absolute atomic E-state index is 0.0184. The Bertz CT molecular complexity index is 4150. The largest absolute Gasteiger partial charge is 0.487 e. The highest BCUT2D eigenvalue weighted by Gasteiger charge is 2.33. The third-order valence-electron chi connectivity index (χ3n) is 16.0. The van der Waals surface area contributed by atoms with Crippen molar-refractivity contribution >= 4 is 62.6 Å². The number of aliphatic hydroxyl groups is 1. The molecular weight excluding hydrogens is 1300 g/mol. The van der Waals surface area contributed by atoms with Gasteiger partial charge in [-0.3, -0.25) is 24.9 Å². The Morgan fingerprint density at radius 3 is 1.71 bits per heavy atom. The number of ether oxygens (including phenoxy) is 2. The van der Waals surface area contributed by atoms with Gasteiger partial charge in [-0.15, -0.1) is 30.6 Å². The summed E-state index contributed by atoms with van der Waals surface area (Å²) in [7, 11) is 0. The lowest BCUT2D eigenvalue weighted by molar-refractivity contribution is -0.127. The molecule has 0 bridgehead atoms. The number of nitrogens with one attached hydrogen (secondary N) is 7. The molecule has 2 amide bonds. The SMILES string of the molecule is CCC(NS(=O)Oc1cc(C)ccc1OC(C)CCC(N)=O)c1nnc2cc(C(C)(C)C)[nH]n12.Cc1cc(C)cc(OS(=O)NCC(C)c2nnc3cc(C)[nH]n23)c1.Cc1ccc(OC(C)C(=O)NCCO)c(OS(=O)NC(c2nnc3cc(C(C)(C)C)[nH]n23)C2CCCCC2)c1. The minimum Gasteiger partial charge on any atom is -0.487 e. The molecule has 0 spiro atoms. The lowest BCUT2D eigenvalue weighted by Gasteiger charge is -2.29. The molecule has 0 saturated heterocycles. The van der Waals surface area contributed by atoms with Crippen molar-refractivity contribution in [3.8, 4) is 28.7 Å². The maximum Gasteiger partial charge on any atom is 0.288 e. The molecule has 1 saturated carbocycles. The molecule has 1 fully saturated rings. The fourth-order valence-electron chi connectivity index (χ4n) is 10.7. The maximum absolute atomic E-state index is 13.4. The molecule has 97 heavy (non-hydrogen) atoms. The Hall–Kier alpha value is -8.07. The average Bonchev–Trinajstić information content (AvgIpc) is 1.64. The molecule has 6 aromatic heterocycles. The summed E-state index contributed by atoms with van der Waals surface area (Å²) in [6.07, 6.45) is 5.54. The molecular formula is C66H95N17O11S3. The first-order valence-electron chi connectivity index (χ1n) is 32.6. The molecule has 3 aromatic carbocycles. The van der Waals surface area contributed by atoms with Crippen LogP contribution in [0.1, 0.15) is 195 Å². The molecule has 8 atom stereocenters. The molecule has 0 aliphatic heterocycles. The van der Waals surface area contributed by atoms with Gasteiger partial charge in [-0.05, 0) is 139 Å². The number of fused-ring (bicyclic) bond motifs is 3. The number of aromatic amines is 3. The molecule has 6 heterocycles. The van der Waals surface area contributed by atoms with Gasteiger partial charge in [0.25, 0.3) is 39.7 Å². The quantitative estimate of drug-likeness (QED) is 0.0221. The van der Waals surface area contributed by atoms with Crippen LogP contribution in [-0.2, 0) is 54.2 Å². The summed E-state index contributed by atoms with van der Waals surface area (Å²) in [5.41, 5.74) is 14.3. The van der Waals surface area contributed by atoms with Gasteiger partial charge < -0.3 is 38.2 Å².